The van der Waals surface area contributed by atoms with E-state index in [4.69, 9.17) is 5.73 Å². The fourth-order valence-corrected chi connectivity index (χ4v) is 1.23. The van der Waals surface area contributed by atoms with E-state index >= 15 is 0 Å². The molecule has 0 saturated carbocycles. The van der Waals surface area contributed by atoms with Crippen LogP contribution in [0.3, 0.4) is 0 Å². The molecule has 2 N–H and O–H groups in total. The van der Waals surface area contributed by atoms with Crippen LogP contribution in [0.4, 0.5) is 0 Å². The molecule has 6 heteroatoms. The van der Waals surface area contributed by atoms with Crippen LogP contribution in [0.5, 0.6) is 0 Å². The average molecular weight is 204 g/mol. The Balaban J connectivity index is 2.05. The van der Waals surface area contributed by atoms with Crippen LogP contribution in [0.15, 0.2) is 24.7 Å². The molecule has 0 bridgehead atoms. The van der Waals surface area contributed by atoms with E-state index in [0.29, 0.717) is 13.1 Å². The molecule has 0 saturated heterocycles. The van der Waals surface area contributed by atoms with Gasteiger partial charge in [-0.1, -0.05) is 5.21 Å². The molecule has 6 nitrogen and oxygen atoms in total. The molecular weight excluding hydrogens is 192 g/mol. The highest BCUT2D eigenvalue weighted by atomic mass is 15.4. The van der Waals surface area contributed by atoms with Gasteiger partial charge in [-0.3, -0.25) is 0 Å². The lowest BCUT2D eigenvalue weighted by Gasteiger charge is -1.97. The van der Waals surface area contributed by atoms with Crippen LogP contribution < -0.4 is 5.73 Å². The maximum absolute atomic E-state index is 5.42. The highest BCUT2D eigenvalue weighted by molar-refractivity contribution is 4.95. The van der Waals surface area contributed by atoms with Gasteiger partial charge in [0, 0.05) is 25.0 Å². The van der Waals surface area contributed by atoms with Crippen LogP contribution in [-0.4, -0.2) is 31.5 Å². The molecule has 0 atom stereocenters. The summed E-state index contributed by atoms with van der Waals surface area (Å²) in [7, 11) is 0. The third-order valence-corrected chi connectivity index (χ3v) is 1.91. The number of rotatable bonds is 4. The molecule has 78 valence electrons. The summed E-state index contributed by atoms with van der Waals surface area (Å²) in [6.07, 6.45) is 6.03. The predicted molar refractivity (Wildman–Crippen MR) is 53.9 cm³/mol. The van der Waals surface area contributed by atoms with Crippen LogP contribution in [0.2, 0.25) is 0 Å². The molecule has 0 aliphatic carbocycles. The van der Waals surface area contributed by atoms with E-state index in [9.17, 15) is 0 Å². The Morgan fingerprint density at radius 3 is 2.80 bits per heavy atom. The second-order valence-electron chi connectivity index (χ2n) is 3.11. The minimum Gasteiger partial charge on any atom is -0.330 e. The van der Waals surface area contributed by atoms with E-state index in [0.717, 1.165) is 17.9 Å². The third kappa shape index (κ3) is 2.57. The molecule has 0 spiro atoms. The van der Waals surface area contributed by atoms with Gasteiger partial charge >= 0.3 is 0 Å². The Kier molecular flexibility index (Phi) is 2.99. The lowest BCUT2D eigenvalue weighted by molar-refractivity contribution is 0.624. The normalized spacial score (nSPS) is 10.5. The minimum atomic E-state index is 0.540. The summed E-state index contributed by atoms with van der Waals surface area (Å²) in [5.41, 5.74) is 6.32. The topological polar surface area (TPSA) is 82.5 Å². The molecule has 2 heterocycles. The molecule has 0 aliphatic heterocycles. The molecule has 15 heavy (non-hydrogen) atoms. The Bertz CT molecular complexity index is 410. The van der Waals surface area contributed by atoms with Crippen molar-refractivity contribution in [2.45, 2.75) is 13.0 Å². The van der Waals surface area contributed by atoms with Crippen molar-refractivity contribution in [2.24, 2.45) is 5.73 Å². The summed E-state index contributed by atoms with van der Waals surface area (Å²) in [5.74, 6) is 0.724. The van der Waals surface area contributed by atoms with Gasteiger partial charge in [-0.25, -0.2) is 14.6 Å². The van der Waals surface area contributed by atoms with E-state index in [1.165, 1.54) is 0 Å². The molecule has 2 aromatic heterocycles. The van der Waals surface area contributed by atoms with Crippen molar-refractivity contribution in [3.05, 3.63) is 36.2 Å². The fourth-order valence-electron chi connectivity index (χ4n) is 1.23. The van der Waals surface area contributed by atoms with Crippen molar-refractivity contribution >= 4 is 0 Å². The quantitative estimate of drug-likeness (QED) is 0.734. The zero-order valence-corrected chi connectivity index (χ0v) is 8.24. The molecule has 0 aromatic carbocycles. The Morgan fingerprint density at radius 2 is 2.07 bits per heavy atom. The summed E-state index contributed by atoms with van der Waals surface area (Å²) < 4.78 is 1.71. The van der Waals surface area contributed by atoms with Crippen LogP contribution >= 0.6 is 0 Å². The van der Waals surface area contributed by atoms with Gasteiger partial charge in [-0.15, -0.1) is 5.10 Å². The van der Waals surface area contributed by atoms with Crippen LogP contribution in [0, 0.1) is 0 Å². The molecule has 0 amide bonds. The summed E-state index contributed by atoms with van der Waals surface area (Å²) in [5, 5.41) is 7.94. The van der Waals surface area contributed by atoms with E-state index in [1.807, 2.05) is 6.20 Å². The van der Waals surface area contributed by atoms with Crippen LogP contribution in [0.25, 0.3) is 0 Å². The van der Waals surface area contributed by atoms with E-state index in [1.54, 1.807) is 23.1 Å². The van der Waals surface area contributed by atoms with Gasteiger partial charge in [0.2, 0.25) is 0 Å². The first-order valence-electron chi connectivity index (χ1n) is 4.73. The predicted octanol–water partition coefficient (Wildman–Crippen LogP) is -0.382. The maximum Gasteiger partial charge on any atom is 0.149 e. The second-order valence-corrected chi connectivity index (χ2v) is 3.11. The summed E-state index contributed by atoms with van der Waals surface area (Å²) in [6.45, 7) is 1.12. The number of hydrogen-bond acceptors (Lipinski definition) is 5. The van der Waals surface area contributed by atoms with Gasteiger partial charge in [-0.2, -0.15) is 0 Å². The van der Waals surface area contributed by atoms with Crippen molar-refractivity contribution in [1.82, 2.24) is 25.0 Å². The Labute approximate surface area is 87.2 Å². The third-order valence-electron chi connectivity index (χ3n) is 1.91. The van der Waals surface area contributed by atoms with Crippen molar-refractivity contribution in [3.63, 3.8) is 0 Å². The van der Waals surface area contributed by atoms with Gasteiger partial charge in [-0.05, 0) is 12.6 Å². The van der Waals surface area contributed by atoms with Crippen LogP contribution in [0.1, 0.15) is 11.5 Å². The first-order valence-corrected chi connectivity index (χ1v) is 4.73. The largest absolute Gasteiger partial charge is 0.330 e. The van der Waals surface area contributed by atoms with E-state index in [-0.39, 0.29) is 0 Å². The Morgan fingerprint density at radius 1 is 1.27 bits per heavy atom. The standard InChI is InChI=1S/C9H12N6/c10-3-2-8-6-15(14-13-8)7-9-11-4-1-5-12-9/h1,4-6H,2-3,7,10H2. The number of nitrogens with zero attached hydrogens (tertiary/aromatic N) is 5. The molecule has 2 rings (SSSR count). The summed E-state index contributed by atoms with van der Waals surface area (Å²) in [6, 6.07) is 1.78. The van der Waals surface area contributed by atoms with Gasteiger partial charge in [0.1, 0.15) is 12.4 Å². The SMILES string of the molecule is NCCc1cn(Cc2ncccn2)nn1. The number of nitrogens with two attached hydrogens (primary N) is 1. The van der Waals surface area contributed by atoms with Gasteiger partial charge < -0.3 is 5.73 Å². The maximum atomic E-state index is 5.42. The molecule has 0 unspecified atom stereocenters. The van der Waals surface area contributed by atoms with Gasteiger partial charge in [0.25, 0.3) is 0 Å². The highest BCUT2D eigenvalue weighted by Crippen LogP contribution is 1.96. The van der Waals surface area contributed by atoms with E-state index < -0.39 is 0 Å². The lowest BCUT2D eigenvalue weighted by atomic mass is 10.3. The van der Waals surface area contributed by atoms with E-state index in [2.05, 4.69) is 20.3 Å². The van der Waals surface area contributed by atoms with Crippen molar-refractivity contribution < 1.29 is 0 Å². The smallest absolute Gasteiger partial charge is 0.149 e. The molecule has 0 fully saturated rings. The molecular formula is C9H12N6. The first kappa shape index (κ1) is 9.72. The zero-order valence-electron chi connectivity index (χ0n) is 8.24. The van der Waals surface area contributed by atoms with Crippen LogP contribution in [-0.2, 0) is 13.0 Å². The molecule has 2 aromatic rings. The fraction of sp³-hybridized carbons (Fsp3) is 0.333. The number of aromatic nitrogens is 5. The second kappa shape index (κ2) is 4.61. The summed E-state index contributed by atoms with van der Waals surface area (Å²) >= 11 is 0. The average Bonchev–Trinajstić information content (AvgIpc) is 2.68. The van der Waals surface area contributed by atoms with Gasteiger partial charge in [0.05, 0.1) is 5.69 Å². The zero-order chi connectivity index (χ0) is 10.5. The first-order chi connectivity index (χ1) is 7.38. The minimum absolute atomic E-state index is 0.540. The number of hydrogen-bond donors (Lipinski definition) is 1. The van der Waals surface area contributed by atoms with Crippen molar-refractivity contribution in [2.75, 3.05) is 6.54 Å². The lowest BCUT2D eigenvalue weighted by Crippen LogP contribution is -2.04. The monoisotopic (exact) mass is 204 g/mol. The van der Waals surface area contributed by atoms with Gasteiger partial charge in [0.15, 0.2) is 0 Å². The molecule has 0 aliphatic rings. The van der Waals surface area contributed by atoms with Crippen molar-refractivity contribution in [3.8, 4) is 0 Å². The molecule has 0 radical (unpaired) electrons. The Hall–Kier alpha value is -1.82. The van der Waals surface area contributed by atoms with Crippen molar-refractivity contribution in [1.29, 1.82) is 0 Å². The summed E-state index contributed by atoms with van der Waals surface area (Å²) in [4.78, 5) is 8.21. The highest BCUT2D eigenvalue weighted by Gasteiger charge is 2.01.